The lowest BCUT2D eigenvalue weighted by Crippen LogP contribution is -2.11. The smallest absolute Gasteiger partial charge is 0.143 e. The third-order valence-electron chi connectivity index (χ3n) is 13.9. The quantitative estimate of drug-likeness (QED) is 0.156. The van der Waals surface area contributed by atoms with Gasteiger partial charge in [-0.1, -0.05) is 176 Å². The predicted molar refractivity (Wildman–Crippen MR) is 282 cm³/mol. The summed E-state index contributed by atoms with van der Waals surface area (Å²) in [5.74, 6) is 0. The van der Waals surface area contributed by atoms with Gasteiger partial charge < -0.3 is 13.7 Å². The molecule has 14 rings (SSSR count). The van der Waals surface area contributed by atoms with Crippen molar-refractivity contribution in [3.63, 3.8) is 0 Å². The van der Waals surface area contributed by atoms with E-state index in [1.807, 2.05) is 0 Å². The van der Waals surface area contributed by atoms with Crippen LogP contribution in [0.2, 0.25) is 0 Å². The molecule has 14 aromatic rings. The standard InChI is InChI=1S/C64H39NO2/c1-5-17-49-40(13-1)31-37-55-61-48(22-11-25-59(61)66-63(49)55)42-27-33-45(34-28-42)65(46-35-29-43(30-36-46)57-39-44-15-3-4-16-47(44)51-19-7-8-20-52(51)57)58-24-10-9-21-53(58)54-23-12-26-60-62(54)56-38-32-41-14-2-6-18-50(41)64(56)67-60/h1-39H. The summed E-state index contributed by atoms with van der Waals surface area (Å²) in [4.78, 5) is 2.40. The van der Waals surface area contributed by atoms with Gasteiger partial charge in [0.2, 0.25) is 0 Å². The van der Waals surface area contributed by atoms with Gasteiger partial charge >= 0.3 is 0 Å². The lowest BCUT2D eigenvalue weighted by Gasteiger charge is -2.28. The van der Waals surface area contributed by atoms with Crippen LogP contribution in [0.4, 0.5) is 17.1 Å². The molecule has 0 N–H and O–H groups in total. The van der Waals surface area contributed by atoms with Crippen molar-refractivity contribution in [2.45, 2.75) is 0 Å². The van der Waals surface area contributed by atoms with E-state index in [4.69, 9.17) is 8.83 Å². The lowest BCUT2D eigenvalue weighted by molar-refractivity contribution is 0.672. The molecular weight excluding hydrogens is 815 g/mol. The SMILES string of the molecule is c1ccc(N(c2ccc(-c3cc4ccccc4c4ccccc34)cc2)c2ccc(-c3cccc4oc5c6ccccc6ccc5c34)cc2)c(-c2cccc3oc4c5ccccc5ccc4c23)c1. The molecule has 2 aromatic heterocycles. The fourth-order valence-electron chi connectivity index (χ4n) is 10.8. The molecule has 2 heterocycles. The van der Waals surface area contributed by atoms with E-state index in [1.54, 1.807) is 0 Å². The van der Waals surface area contributed by atoms with Gasteiger partial charge in [0.25, 0.3) is 0 Å². The van der Waals surface area contributed by atoms with Gasteiger partial charge in [0.05, 0.1) is 5.69 Å². The predicted octanol–water partition coefficient (Wildman–Crippen LogP) is 18.6. The fraction of sp³-hybridized carbons (Fsp3) is 0. The maximum absolute atomic E-state index is 6.72. The van der Waals surface area contributed by atoms with Gasteiger partial charge in [0, 0.05) is 49.3 Å². The van der Waals surface area contributed by atoms with Crippen LogP contribution in [0.25, 0.3) is 120 Å². The summed E-state index contributed by atoms with van der Waals surface area (Å²) < 4.78 is 13.3. The topological polar surface area (TPSA) is 29.5 Å². The summed E-state index contributed by atoms with van der Waals surface area (Å²) in [5.41, 5.74) is 13.6. The van der Waals surface area contributed by atoms with E-state index >= 15 is 0 Å². The number of benzene rings is 12. The minimum atomic E-state index is 0.871. The van der Waals surface area contributed by atoms with Crippen LogP contribution in [0.3, 0.4) is 0 Å². The van der Waals surface area contributed by atoms with Gasteiger partial charge in [0.1, 0.15) is 22.3 Å². The Morgan fingerprint density at radius 3 is 1.36 bits per heavy atom. The zero-order chi connectivity index (χ0) is 44.0. The number of hydrogen-bond acceptors (Lipinski definition) is 3. The third-order valence-corrected chi connectivity index (χ3v) is 13.9. The molecule has 0 saturated carbocycles. The average molecular weight is 854 g/mol. The molecule has 0 fully saturated rings. The second-order valence-corrected chi connectivity index (χ2v) is 17.5. The van der Waals surface area contributed by atoms with Crippen LogP contribution < -0.4 is 4.90 Å². The van der Waals surface area contributed by atoms with Crippen molar-refractivity contribution in [3.8, 4) is 33.4 Å². The summed E-state index contributed by atoms with van der Waals surface area (Å²) in [6.45, 7) is 0. The zero-order valence-electron chi connectivity index (χ0n) is 36.3. The molecule has 12 aromatic carbocycles. The Hall–Kier alpha value is -8.92. The number of furan rings is 2. The van der Waals surface area contributed by atoms with Gasteiger partial charge in [-0.25, -0.2) is 0 Å². The minimum Gasteiger partial charge on any atom is -0.455 e. The van der Waals surface area contributed by atoms with Crippen LogP contribution in [0.5, 0.6) is 0 Å². The number of rotatable bonds is 6. The molecule has 67 heavy (non-hydrogen) atoms. The second-order valence-electron chi connectivity index (χ2n) is 17.5. The molecule has 0 saturated heterocycles. The highest BCUT2D eigenvalue weighted by Crippen LogP contribution is 2.47. The van der Waals surface area contributed by atoms with E-state index in [9.17, 15) is 0 Å². The minimum absolute atomic E-state index is 0.871. The maximum Gasteiger partial charge on any atom is 0.143 e. The first-order valence-electron chi connectivity index (χ1n) is 22.9. The molecule has 0 unspecified atom stereocenters. The van der Waals surface area contributed by atoms with Gasteiger partial charge in [-0.05, 0) is 121 Å². The normalized spacial score (nSPS) is 11.9. The third kappa shape index (κ3) is 5.85. The Balaban J connectivity index is 0.949. The van der Waals surface area contributed by atoms with E-state index in [1.165, 1.54) is 38.1 Å². The molecule has 0 aliphatic carbocycles. The van der Waals surface area contributed by atoms with Crippen molar-refractivity contribution in [1.82, 2.24) is 0 Å². The molecule has 0 amide bonds. The highest BCUT2D eigenvalue weighted by Gasteiger charge is 2.22. The summed E-state index contributed by atoms with van der Waals surface area (Å²) in [6.07, 6.45) is 0. The summed E-state index contributed by atoms with van der Waals surface area (Å²) in [5, 5.41) is 14.0. The highest BCUT2D eigenvalue weighted by atomic mass is 16.3. The molecule has 0 bridgehead atoms. The Labute approximate surface area is 386 Å². The van der Waals surface area contributed by atoms with E-state index in [-0.39, 0.29) is 0 Å². The highest BCUT2D eigenvalue weighted by molar-refractivity contribution is 6.21. The van der Waals surface area contributed by atoms with Crippen molar-refractivity contribution in [2.24, 2.45) is 0 Å². The number of anilines is 3. The second kappa shape index (κ2) is 14.8. The summed E-state index contributed by atoms with van der Waals surface area (Å²) >= 11 is 0. The largest absolute Gasteiger partial charge is 0.455 e. The van der Waals surface area contributed by atoms with Crippen molar-refractivity contribution in [1.29, 1.82) is 0 Å². The molecule has 0 aliphatic rings. The molecule has 0 radical (unpaired) electrons. The van der Waals surface area contributed by atoms with Crippen molar-refractivity contribution < 1.29 is 8.83 Å². The Kier molecular flexibility index (Phi) is 8.28. The summed E-state index contributed by atoms with van der Waals surface area (Å²) in [7, 11) is 0. The molecule has 312 valence electrons. The molecule has 0 atom stereocenters. The number of nitrogens with zero attached hydrogens (tertiary/aromatic N) is 1. The van der Waals surface area contributed by atoms with Gasteiger partial charge in [-0.15, -0.1) is 0 Å². The van der Waals surface area contributed by atoms with Crippen LogP contribution in [-0.4, -0.2) is 0 Å². The lowest BCUT2D eigenvalue weighted by atomic mass is 9.93. The van der Waals surface area contributed by atoms with Gasteiger partial charge in [-0.2, -0.15) is 0 Å². The number of para-hydroxylation sites is 1. The molecule has 3 nitrogen and oxygen atoms in total. The van der Waals surface area contributed by atoms with E-state index in [0.29, 0.717) is 0 Å². The van der Waals surface area contributed by atoms with Crippen LogP contribution in [0, 0.1) is 0 Å². The fourth-order valence-corrected chi connectivity index (χ4v) is 10.8. The Morgan fingerprint density at radius 2 is 0.731 bits per heavy atom. The Morgan fingerprint density at radius 1 is 0.269 bits per heavy atom. The van der Waals surface area contributed by atoms with E-state index < -0.39 is 0 Å². The molecule has 3 heteroatoms. The van der Waals surface area contributed by atoms with Crippen LogP contribution in [0.1, 0.15) is 0 Å². The first kappa shape index (κ1) is 37.5. The van der Waals surface area contributed by atoms with Crippen molar-refractivity contribution in [2.75, 3.05) is 4.90 Å². The van der Waals surface area contributed by atoms with Crippen molar-refractivity contribution in [3.05, 3.63) is 237 Å². The van der Waals surface area contributed by atoms with Gasteiger partial charge in [0.15, 0.2) is 0 Å². The first-order valence-corrected chi connectivity index (χ1v) is 22.9. The monoisotopic (exact) mass is 853 g/mol. The van der Waals surface area contributed by atoms with Crippen LogP contribution in [0.15, 0.2) is 245 Å². The zero-order valence-corrected chi connectivity index (χ0v) is 36.3. The maximum atomic E-state index is 6.72. The molecule has 0 spiro atoms. The molecule has 0 aliphatic heterocycles. The first-order chi connectivity index (χ1) is 33.2. The van der Waals surface area contributed by atoms with Crippen LogP contribution in [-0.2, 0) is 0 Å². The molecular formula is C64H39NO2. The number of hydrogen-bond donors (Lipinski definition) is 0. The van der Waals surface area contributed by atoms with E-state index in [0.717, 1.165) is 99.4 Å². The van der Waals surface area contributed by atoms with E-state index in [2.05, 4.69) is 241 Å². The summed E-state index contributed by atoms with van der Waals surface area (Å²) in [6, 6.07) is 85.2. The van der Waals surface area contributed by atoms with Crippen molar-refractivity contribution >= 4 is 104 Å². The average Bonchev–Trinajstić information content (AvgIpc) is 3.99. The van der Waals surface area contributed by atoms with Crippen LogP contribution >= 0.6 is 0 Å². The Bertz CT molecular complexity index is 4270. The van der Waals surface area contributed by atoms with Gasteiger partial charge in [-0.3, -0.25) is 0 Å². The number of fused-ring (bicyclic) bond motifs is 13.